The summed E-state index contributed by atoms with van der Waals surface area (Å²) in [4.78, 5) is 0. The minimum atomic E-state index is 0.242. The van der Waals surface area contributed by atoms with Gasteiger partial charge in [0.25, 0.3) is 0 Å². The lowest BCUT2D eigenvalue weighted by molar-refractivity contribution is 0.555. The molecule has 0 aromatic heterocycles. The number of nitrogens with zero attached hydrogens (tertiary/aromatic N) is 2. The van der Waals surface area contributed by atoms with Gasteiger partial charge in [-0.2, -0.15) is 5.10 Å². The minimum absolute atomic E-state index is 0.242. The van der Waals surface area contributed by atoms with Crippen LogP contribution in [-0.4, -0.2) is 5.71 Å². The molecule has 0 fully saturated rings. The number of hydrogen-bond acceptors (Lipinski definition) is 2. The van der Waals surface area contributed by atoms with E-state index in [1.807, 2.05) is 12.1 Å². The van der Waals surface area contributed by atoms with Gasteiger partial charge in [0.1, 0.15) is 0 Å². The van der Waals surface area contributed by atoms with Gasteiger partial charge in [0.05, 0.1) is 11.7 Å². The van der Waals surface area contributed by atoms with Crippen LogP contribution in [0.3, 0.4) is 0 Å². The monoisotopic (exact) mass is 276 g/mol. The lowest BCUT2D eigenvalue weighted by Gasteiger charge is -2.28. The first-order valence-corrected chi connectivity index (χ1v) is 7.36. The van der Waals surface area contributed by atoms with Crippen LogP contribution in [0.15, 0.2) is 78.4 Å². The molecule has 0 radical (unpaired) electrons. The highest BCUT2D eigenvalue weighted by Gasteiger charge is 2.36. The Morgan fingerprint density at radius 2 is 1.67 bits per heavy atom. The molecule has 2 aromatic rings. The zero-order chi connectivity index (χ0) is 14.7. The van der Waals surface area contributed by atoms with Crippen LogP contribution in [0.2, 0.25) is 0 Å². The van der Waals surface area contributed by atoms with Crippen LogP contribution in [0, 0.1) is 5.92 Å². The van der Waals surface area contributed by atoms with Crippen LogP contribution in [0.1, 0.15) is 24.9 Å². The highest BCUT2D eigenvalue weighted by Crippen LogP contribution is 2.40. The van der Waals surface area contributed by atoms with Gasteiger partial charge in [-0.1, -0.05) is 54.6 Å². The summed E-state index contributed by atoms with van der Waals surface area (Å²) in [7, 11) is 0. The van der Waals surface area contributed by atoms with E-state index in [9.17, 15) is 0 Å². The van der Waals surface area contributed by atoms with Crippen LogP contribution in [0.5, 0.6) is 0 Å². The van der Waals surface area contributed by atoms with Crippen molar-refractivity contribution in [3.05, 3.63) is 78.9 Å². The van der Waals surface area contributed by atoms with Gasteiger partial charge >= 0.3 is 0 Å². The van der Waals surface area contributed by atoms with E-state index in [0.29, 0.717) is 5.92 Å². The van der Waals surface area contributed by atoms with E-state index in [1.54, 1.807) is 0 Å². The largest absolute Gasteiger partial charge is 0.257 e. The highest BCUT2D eigenvalue weighted by molar-refractivity contribution is 5.89. The molecule has 0 saturated carbocycles. The van der Waals surface area contributed by atoms with E-state index in [-0.39, 0.29) is 6.04 Å². The Kier molecular flexibility index (Phi) is 3.87. The number of hydrogen-bond donors (Lipinski definition) is 0. The van der Waals surface area contributed by atoms with Gasteiger partial charge in [0.2, 0.25) is 0 Å². The maximum absolute atomic E-state index is 4.82. The van der Waals surface area contributed by atoms with Crippen LogP contribution in [0.25, 0.3) is 0 Å². The molecule has 0 aliphatic carbocycles. The van der Waals surface area contributed by atoms with Crippen LogP contribution in [0.4, 0.5) is 5.69 Å². The van der Waals surface area contributed by atoms with Gasteiger partial charge in [0, 0.05) is 11.6 Å². The first-order valence-electron chi connectivity index (χ1n) is 7.36. The lowest BCUT2D eigenvalue weighted by Crippen LogP contribution is -2.24. The molecular weight excluding hydrogens is 256 g/mol. The maximum atomic E-state index is 4.82. The standard InChI is InChI=1S/C19H20N2/c1-3-10-18-15(2)20-21(17-13-8-5-9-14-17)19(18)16-11-6-4-7-12-16/h3-9,11-14,18-19H,1,10H2,2H3/t18-,19+/m0/s1. The Morgan fingerprint density at radius 3 is 2.29 bits per heavy atom. The molecule has 2 atom stereocenters. The highest BCUT2D eigenvalue weighted by atomic mass is 15.5. The Hall–Kier alpha value is -2.35. The third-order valence-corrected chi connectivity index (χ3v) is 4.03. The molecule has 0 saturated heterocycles. The molecule has 1 heterocycles. The predicted octanol–water partition coefficient (Wildman–Crippen LogP) is 4.82. The summed E-state index contributed by atoms with van der Waals surface area (Å²) >= 11 is 0. The van der Waals surface area contributed by atoms with Crippen LogP contribution in [-0.2, 0) is 0 Å². The lowest BCUT2D eigenvalue weighted by atomic mass is 9.88. The second kappa shape index (κ2) is 5.96. The SMILES string of the molecule is C=CC[C@H]1C(C)=NN(c2ccccc2)[C@@H]1c1ccccc1. The second-order valence-electron chi connectivity index (χ2n) is 5.41. The molecule has 21 heavy (non-hydrogen) atoms. The molecule has 106 valence electrons. The fourth-order valence-electron chi connectivity index (χ4n) is 3.01. The number of hydrazone groups is 1. The summed E-state index contributed by atoms with van der Waals surface area (Å²) in [5, 5.41) is 6.97. The summed E-state index contributed by atoms with van der Waals surface area (Å²) in [5.74, 6) is 0.380. The summed E-state index contributed by atoms with van der Waals surface area (Å²) in [6.45, 7) is 6.03. The van der Waals surface area contributed by atoms with Crippen molar-refractivity contribution in [2.75, 3.05) is 5.01 Å². The Morgan fingerprint density at radius 1 is 1.05 bits per heavy atom. The predicted molar refractivity (Wildman–Crippen MR) is 89.5 cm³/mol. The fourth-order valence-corrected chi connectivity index (χ4v) is 3.01. The number of anilines is 1. The Labute approximate surface area is 126 Å². The van der Waals surface area contributed by atoms with Gasteiger partial charge in [-0.25, -0.2) is 0 Å². The molecule has 2 aromatic carbocycles. The Balaban J connectivity index is 2.03. The van der Waals surface area contributed by atoms with Crippen LogP contribution >= 0.6 is 0 Å². The first-order chi connectivity index (χ1) is 10.3. The van der Waals surface area contributed by atoms with Gasteiger partial charge in [-0.05, 0) is 31.0 Å². The second-order valence-corrected chi connectivity index (χ2v) is 5.41. The molecule has 0 spiro atoms. The average molecular weight is 276 g/mol. The Bertz CT molecular complexity index is 631. The third kappa shape index (κ3) is 2.62. The number of allylic oxidation sites excluding steroid dienone is 1. The summed E-state index contributed by atoms with van der Waals surface area (Å²) in [5.41, 5.74) is 3.61. The molecule has 2 nitrogen and oxygen atoms in total. The number of para-hydroxylation sites is 1. The maximum Gasteiger partial charge on any atom is 0.0859 e. The quantitative estimate of drug-likeness (QED) is 0.731. The van der Waals surface area contributed by atoms with E-state index in [0.717, 1.165) is 12.1 Å². The van der Waals surface area contributed by atoms with Gasteiger partial charge in [-0.3, -0.25) is 5.01 Å². The molecule has 1 aliphatic heterocycles. The van der Waals surface area contributed by atoms with Crippen molar-refractivity contribution in [3.63, 3.8) is 0 Å². The first kappa shape index (κ1) is 13.6. The van der Waals surface area contributed by atoms with Crippen molar-refractivity contribution in [1.29, 1.82) is 0 Å². The third-order valence-electron chi connectivity index (χ3n) is 4.03. The van der Waals surface area contributed by atoms with Crippen molar-refractivity contribution < 1.29 is 0 Å². The van der Waals surface area contributed by atoms with E-state index >= 15 is 0 Å². The van der Waals surface area contributed by atoms with Gasteiger partial charge < -0.3 is 0 Å². The van der Waals surface area contributed by atoms with Crippen molar-refractivity contribution in [1.82, 2.24) is 0 Å². The van der Waals surface area contributed by atoms with Crippen molar-refractivity contribution in [2.45, 2.75) is 19.4 Å². The molecule has 0 amide bonds. The van der Waals surface area contributed by atoms with Crippen molar-refractivity contribution in [2.24, 2.45) is 11.0 Å². The van der Waals surface area contributed by atoms with Crippen molar-refractivity contribution in [3.8, 4) is 0 Å². The molecule has 3 rings (SSSR count). The normalized spacial score (nSPS) is 21.2. The zero-order valence-electron chi connectivity index (χ0n) is 12.3. The topological polar surface area (TPSA) is 15.6 Å². The molecule has 0 unspecified atom stereocenters. The molecule has 1 aliphatic rings. The van der Waals surface area contributed by atoms with Crippen molar-refractivity contribution >= 4 is 11.4 Å². The van der Waals surface area contributed by atoms with E-state index in [2.05, 4.69) is 73.1 Å². The van der Waals surface area contributed by atoms with E-state index in [1.165, 1.54) is 11.3 Å². The molecular formula is C19H20N2. The smallest absolute Gasteiger partial charge is 0.0859 e. The minimum Gasteiger partial charge on any atom is -0.257 e. The molecule has 2 heteroatoms. The van der Waals surface area contributed by atoms with Gasteiger partial charge in [0.15, 0.2) is 0 Å². The molecule has 0 N–H and O–H groups in total. The number of rotatable bonds is 4. The summed E-state index contributed by atoms with van der Waals surface area (Å²) < 4.78 is 0. The van der Waals surface area contributed by atoms with Crippen LogP contribution < -0.4 is 5.01 Å². The number of benzene rings is 2. The van der Waals surface area contributed by atoms with E-state index < -0.39 is 0 Å². The van der Waals surface area contributed by atoms with E-state index in [4.69, 9.17) is 5.10 Å². The molecule has 0 bridgehead atoms. The summed E-state index contributed by atoms with van der Waals surface area (Å²) in [6, 6.07) is 21.2. The zero-order valence-corrected chi connectivity index (χ0v) is 12.3. The average Bonchev–Trinajstić information content (AvgIpc) is 2.86. The fraction of sp³-hybridized carbons (Fsp3) is 0.211. The van der Waals surface area contributed by atoms with Gasteiger partial charge in [-0.15, -0.1) is 6.58 Å². The summed E-state index contributed by atoms with van der Waals surface area (Å²) in [6.07, 6.45) is 2.94.